The third-order valence-electron chi connectivity index (χ3n) is 2.25. The SMILES string of the molecule is CCOC(=O)N1CCC1C(O)CN. The summed E-state index contributed by atoms with van der Waals surface area (Å²) in [7, 11) is 0. The average Bonchev–Trinajstić information content (AvgIpc) is 2.02. The fraction of sp³-hybridized carbons (Fsp3) is 0.875. The van der Waals surface area contributed by atoms with E-state index < -0.39 is 6.10 Å². The lowest BCUT2D eigenvalue weighted by Gasteiger charge is -2.42. The fourth-order valence-corrected chi connectivity index (χ4v) is 1.40. The molecule has 1 aliphatic rings. The first-order valence-electron chi connectivity index (χ1n) is 4.52. The van der Waals surface area contributed by atoms with Crippen LogP contribution in [0.5, 0.6) is 0 Å². The summed E-state index contributed by atoms with van der Waals surface area (Å²) in [5, 5.41) is 9.39. The number of nitrogens with zero attached hydrogens (tertiary/aromatic N) is 1. The molecule has 1 fully saturated rings. The van der Waals surface area contributed by atoms with Gasteiger partial charge in [-0.05, 0) is 13.3 Å². The highest BCUT2D eigenvalue weighted by atomic mass is 16.6. The predicted octanol–water partition coefficient (Wildman–Crippen LogP) is -0.463. The Balaban J connectivity index is 2.39. The van der Waals surface area contributed by atoms with Gasteiger partial charge in [-0.1, -0.05) is 0 Å². The van der Waals surface area contributed by atoms with Crippen LogP contribution in [-0.2, 0) is 4.74 Å². The summed E-state index contributed by atoms with van der Waals surface area (Å²) < 4.78 is 4.81. The molecule has 1 aliphatic heterocycles. The molecular formula is C8H16N2O3. The molecule has 2 atom stereocenters. The molecule has 1 amide bonds. The first kappa shape index (κ1) is 10.3. The maximum Gasteiger partial charge on any atom is 0.410 e. The Morgan fingerprint density at radius 1 is 1.85 bits per heavy atom. The monoisotopic (exact) mass is 188 g/mol. The summed E-state index contributed by atoms with van der Waals surface area (Å²) in [6, 6.07) is -0.149. The molecular weight excluding hydrogens is 172 g/mol. The molecule has 3 N–H and O–H groups in total. The van der Waals surface area contributed by atoms with E-state index in [4.69, 9.17) is 10.5 Å². The zero-order chi connectivity index (χ0) is 9.84. The van der Waals surface area contributed by atoms with Crippen LogP contribution in [0.3, 0.4) is 0 Å². The zero-order valence-corrected chi connectivity index (χ0v) is 7.77. The summed E-state index contributed by atoms with van der Waals surface area (Å²) >= 11 is 0. The summed E-state index contributed by atoms with van der Waals surface area (Å²) in [4.78, 5) is 12.7. The highest BCUT2D eigenvalue weighted by Gasteiger charge is 2.37. The van der Waals surface area contributed by atoms with E-state index >= 15 is 0 Å². The Bertz CT molecular complexity index is 186. The van der Waals surface area contributed by atoms with Crippen LogP contribution in [0, 0.1) is 0 Å². The van der Waals surface area contributed by atoms with Crippen molar-refractivity contribution in [2.24, 2.45) is 5.73 Å². The van der Waals surface area contributed by atoms with E-state index in [1.165, 1.54) is 4.90 Å². The van der Waals surface area contributed by atoms with Crippen molar-refractivity contribution in [3.8, 4) is 0 Å². The van der Waals surface area contributed by atoms with Crippen LogP contribution < -0.4 is 5.73 Å². The van der Waals surface area contributed by atoms with Crippen molar-refractivity contribution in [3.05, 3.63) is 0 Å². The molecule has 76 valence electrons. The molecule has 0 radical (unpaired) electrons. The van der Waals surface area contributed by atoms with Gasteiger partial charge in [0.1, 0.15) is 0 Å². The number of ether oxygens (including phenoxy) is 1. The first-order valence-corrected chi connectivity index (χ1v) is 4.52. The number of aliphatic hydroxyl groups is 1. The Morgan fingerprint density at radius 2 is 2.54 bits per heavy atom. The van der Waals surface area contributed by atoms with E-state index in [-0.39, 0.29) is 18.7 Å². The van der Waals surface area contributed by atoms with Gasteiger partial charge in [0, 0.05) is 13.1 Å². The van der Waals surface area contributed by atoms with Gasteiger partial charge < -0.3 is 20.5 Å². The van der Waals surface area contributed by atoms with Crippen LogP contribution in [0.15, 0.2) is 0 Å². The van der Waals surface area contributed by atoms with E-state index in [1.807, 2.05) is 0 Å². The topological polar surface area (TPSA) is 75.8 Å². The second-order valence-corrected chi connectivity index (χ2v) is 3.05. The van der Waals surface area contributed by atoms with Crippen LogP contribution >= 0.6 is 0 Å². The summed E-state index contributed by atoms with van der Waals surface area (Å²) in [5.41, 5.74) is 5.29. The normalized spacial score (nSPS) is 23.6. The van der Waals surface area contributed by atoms with Gasteiger partial charge >= 0.3 is 6.09 Å². The van der Waals surface area contributed by atoms with Crippen LogP contribution in [-0.4, -0.2) is 47.9 Å². The summed E-state index contributed by atoms with van der Waals surface area (Å²) in [6.07, 6.45) is -0.179. The third kappa shape index (κ3) is 2.10. The molecule has 0 saturated carbocycles. The number of amides is 1. The lowest BCUT2D eigenvalue weighted by Crippen LogP contribution is -2.58. The van der Waals surface area contributed by atoms with Crippen LogP contribution in [0.1, 0.15) is 13.3 Å². The fourth-order valence-electron chi connectivity index (χ4n) is 1.40. The van der Waals surface area contributed by atoms with Gasteiger partial charge in [-0.25, -0.2) is 4.79 Å². The van der Waals surface area contributed by atoms with E-state index in [2.05, 4.69) is 0 Å². The smallest absolute Gasteiger partial charge is 0.410 e. The molecule has 2 unspecified atom stereocenters. The van der Waals surface area contributed by atoms with Gasteiger partial charge in [-0.3, -0.25) is 0 Å². The first-order chi connectivity index (χ1) is 6.20. The van der Waals surface area contributed by atoms with Crippen molar-refractivity contribution in [1.82, 2.24) is 4.90 Å². The average molecular weight is 188 g/mol. The number of rotatable bonds is 3. The second kappa shape index (κ2) is 4.43. The minimum Gasteiger partial charge on any atom is -0.450 e. The number of likely N-dealkylation sites (tertiary alicyclic amines) is 1. The Morgan fingerprint density at radius 3 is 2.92 bits per heavy atom. The highest BCUT2D eigenvalue weighted by Crippen LogP contribution is 2.21. The van der Waals surface area contributed by atoms with Crippen LogP contribution in [0.4, 0.5) is 4.79 Å². The molecule has 13 heavy (non-hydrogen) atoms. The van der Waals surface area contributed by atoms with Crippen molar-refractivity contribution in [2.75, 3.05) is 19.7 Å². The van der Waals surface area contributed by atoms with E-state index in [9.17, 15) is 9.90 Å². The van der Waals surface area contributed by atoms with Crippen molar-refractivity contribution in [1.29, 1.82) is 0 Å². The minimum absolute atomic E-state index is 0.149. The standard InChI is InChI=1S/C8H16N2O3/c1-2-13-8(12)10-4-3-6(10)7(11)5-9/h6-7,11H,2-5,9H2,1H3. The lowest BCUT2D eigenvalue weighted by molar-refractivity contribution is -0.00990. The van der Waals surface area contributed by atoms with Crippen molar-refractivity contribution >= 4 is 6.09 Å². The van der Waals surface area contributed by atoms with Gasteiger partial charge in [-0.15, -0.1) is 0 Å². The van der Waals surface area contributed by atoms with Crippen LogP contribution in [0.25, 0.3) is 0 Å². The van der Waals surface area contributed by atoms with Gasteiger partial charge in [0.25, 0.3) is 0 Å². The van der Waals surface area contributed by atoms with Crippen molar-refractivity contribution in [3.63, 3.8) is 0 Å². The van der Waals surface area contributed by atoms with Crippen molar-refractivity contribution < 1.29 is 14.6 Å². The Hall–Kier alpha value is -0.810. The number of carbonyl (C=O) groups is 1. The largest absolute Gasteiger partial charge is 0.450 e. The lowest BCUT2D eigenvalue weighted by atomic mass is 9.98. The quantitative estimate of drug-likeness (QED) is 0.628. The number of hydrogen-bond acceptors (Lipinski definition) is 4. The van der Waals surface area contributed by atoms with Crippen molar-refractivity contribution in [2.45, 2.75) is 25.5 Å². The van der Waals surface area contributed by atoms with E-state index in [0.717, 1.165) is 6.42 Å². The Labute approximate surface area is 77.5 Å². The number of hydrogen-bond donors (Lipinski definition) is 2. The summed E-state index contributed by atoms with van der Waals surface area (Å²) in [6.45, 7) is 2.95. The Kier molecular flexibility index (Phi) is 3.50. The molecule has 5 heteroatoms. The molecule has 0 bridgehead atoms. The van der Waals surface area contributed by atoms with Gasteiger partial charge in [0.05, 0.1) is 18.8 Å². The zero-order valence-electron chi connectivity index (χ0n) is 7.77. The van der Waals surface area contributed by atoms with Crippen LogP contribution in [0.2, 0.25) is 0 Å². The molecule has 1 saturated heterocycles. The molecule has 0 aromatic rings. The highest BCUT2D eigenvalue weighted by molar-refractivity contribution is 5.69. The third-order valence-corrected chi connectivity index (χ3v) is 2.25. The van der Waals surface area contributed by atoms with Gasteiger partial charge in [-0.2, -0.15) is 0 Å². The second-order valence-electron chi connectivity index (χ2n) is 3.05. The molecule has 0 spiro atoms. The number of carbonyl (C=O) groups excluding carboxylic acids is 1. The maximum absolute atomic E-state index is 11.2. The number of aliphatic hydroxyl groups excluding tert-OH is 1. The van der Waals surface area contributed by atoms with Gasteiger partial charge in [0.15, 0.2) is 0 Å². The van der Waals surface area contributed by atoms with E-state index in [1.54, 1.807) is 6.92 Å². The molecule has 1 rings (SSSR count). The molecule has 5 nitrogen and oxygen atoms in total. The number of nitrogens with two attached hydrogens (primary N) is 1. The molecule has 1 heterocycles. The minimum atomic E-state index is -0.627. The molecule has 0 aliphatic carbocycles. The maximum atomic E-state index is 11.2. The van der Waals surface area contributed by atoms with E-state index in [0.29, 0.717) is 13.2 Å². The molecule has 0 aromatic heterocycles. The molecule has 0 aromatic carbocycles. The predicted molar refractivity (Wildman–Crippen MR) is 47.2 cm³/mol. The van der Waals surface area contributed by atoms with Gasteiger partial charge in [0.2, 0.25) is 0 Å². The summed E-state index contributed by atoms with van der Waals surface area (Å²) in [5.74, 6) is 0.